The standard InChI is InChI=1S/C8H16N4O2S/c1-3-4-5-11-15(13,14)7-6-10-12(2)8(7)9/h6,11H,3-5,9H2,1-2H3. The van der Waals surface area contributed by atoms with Crippen molar-refractivity contribution in [2.45, 2.75) is 24.7 Å². The van der Waals surface area contributed by atoms with Crippen molar-refractivity contribution in [1.82, 2.24) is 14.5 Å². The summed E-state index contributed by atoms with van der Waals surface area (Å²) in [7, 11) is -1.90. The minimum atomic E-state index is -3.50. The lowest BCUT2D eigenvalue weighted by Gasteiger charge is -2.04. The highest BCUT2D eigenvalue weighted by atomic mass is 32.2. The van der Waals surface area contributed by atoms with Crippen LogP contribution in [0.25, 0.3) is 0 Å². The normalized spacial score (nSPS) is 11.9. The van der Waals surface area contributed by atoms with Gasteiger partial charge in [0.25, 0.3) is 0 Å². The van der Waals surface area contributed by atoms with E-state index in [-0.39, 0.29) is 10.7 Å². The summed E-state index contributed by atoms with van der Waals surface area (Å²) in [6.07, 6.45) is 2.99. The summed E-state index contributed by atoms with van der Waals surface area (Å²) in [6.45, 7) is 2.42. The zero-order valence-corrected chi connectivity index (χ0v) is 9.71. The Bertz CT molecular complexity index is 424. The van der Waals surface area contributed by atoms with Gasteiger partial charge in [0.1, 0.15) is 10.7 Å². The molecule has 0 radical (unpaired) electrons. The first kappa shape index (κ1) is 12.0. The molecule has 0 saturated carbocycles. The largest absolute Gasteiger partial charge is 0.383 e. The number of aryl methyl sites for hydroxylation is 1. The highest BCUT2D eigenvalue weighted by molar-refractivity contribution is 7.89. The van der Waals surface area contributed by atoms with Crippen LogP contribution in [0.2, 0.25) is 0 Å². The molecule has 0 aliphatic rings. The van der Waals surface area contributed by atoms with E-state index in [4.69, 9.17) is 5.73 Å². The van der Waals surface area contributed by atoms with E-state index in [1.54, 1.807) is 7.05 Å². The van der Waals surface area contributed by atoms with Crippen LogP contribution in [-0.4, -0.2) is 24.7 Å². The molecule has 0 amide bonds. The molecule has 0 unspecified atom stereocenters. The van der Waals surface area contributed by atoms with E-state index in [2.05, 4.69) is 9.82 Å². The monoisotopic (exact) mass is 232 g/mol. The number of rotatable bonds is 5. The molecule has 0 saturated heterocycles. The smallest absolute Gasteiger partial charge is 0.245 e. The molecule has 0 aliphatic carbocycles. The maximum absolute atomic E-state index is 11.7. The first-order chi connectivity index (χ1) is 6.99. The fourth-order valence-corrected chi connectivity index (χ4v) is 2.26. The van der Waals surface area contributed by atoms with E-state index >= 15 is 0 Å². The van der Waals surface area contributed by atoms with Gasteiger partial charge in [0, 0.05) is 13.6 Å². The van der Waals surface area contributed by atoms with Crippen molar-refractivity contribution >= 4 is 15.8 Å². The summed E-state index contributed by atoms with van der Waals surface area (Å²) in [5, 5.41) is 3.78. The van der Waals surface area contributed by atoms with Crippen molar-refractivity contribution in [2.75, 3.05) is 12.3 Å². The molecule has 0 spiro atoms. The van der Waals surface area contributed by atoms with Crippen LogP contribution in [0, 0.1) is 0 Å². The number of nitrogens with zero attached hydrogens (tertiary/aromatic N) is 2. The van der Waals surface area contributed by atoms with Crippen molar-refractivity contribution in [3.63, 3.8) is 0 Å². The second kappa shape index (κ2) is 4.63. The lowest BCUT2D eigenvalue weighted by atomic mass is 10.3. The van der Waals surface area contributed by atoms with Crippen molar-refractivity contribution < 1.29 is 8.42 Å². The Hall–Kier alpha value is -1.08. The highest BCUT2D eigenvalue weighted by Crippen LogP contribution is 2.15. The number of hydrogen-bond acceptors (Lipinski definition) is 4. The van der Waals surface area contributed by atoms with Crippen LogP contribution in [0.1, 0.15) is 19.8 Å². The SMILES string of the molecule is CCCCNS(=O)(=O)c1cnn(C)c1N. The molecule has 86 valence electrons. The molecule has 6 nitrogen and oxygen atoms in total. The molecular formula is C8H16N4O2S. The number of nitrogens with one attached hydrogen (secondary N) is 1. The first-order valence-electron chi connectivity index (χ1n) is 4.76. The predicted molar refractivity (Wildman–Crippen MR) is 57.7 cm³/mol. The van der Waals surface area contributed by atoms with E-state index in [0.29, 0.717) is 6.54 Å². The minimum Gasteiger partial charge on any atom is -0.383 e. The molecule has 1 heterocycles. The van der Waals surface area contributed by atoms with Crippen LogP contribution >= 0.6 is 0 Å². The zero-order chi connectivity index (χ0) is 11.5. The summed E-state index contributed by atoms with van der Waals surface area (Å²) in [6, 6.07) is 0. The molecule has 3 N–H and O–H groups in total. The van der Waals surface area contributed by atoms with Gasteiger partial charge in [-0.2, -0.15) is 5.10 Å². The molecule has 0 aromatic carbocycles. The van der Waals surface area contributed by atoms with Crippen molar-refractivity contribution in [2.24, 2.45) is 7.05 Å². The van der Waals surface area contributed by atoms with Gasteiger partial charge in [0.05, 0.1) is 6.20 Å². The third-order valence-corrected chi connectivity index (χ3v) is 3.54. The van der Waals surface area contributed by atoms with Crippen LogP contribution in [-0.2, 0) is 17.1 Å². The third-order valence-electron chi connectivity index (χ3n) is 2.06. The Morgan fingerprint density at radius 3 is 2.73 bits per heavy atom. The van der Waals surface area contributed by atoms with Crippen molar-refractivity contribution in [3.05, 3.63) is 6.20 Å². The Morgan fingerprint density at radius 2 is 2.27 bits per heavy atom. The van der Waals surface area contributed by atoms with Crippen LogP contribution in [0.15, 0.2) is 11.1 Å². The summed E-state index contributed by atoms with van der Waals surface area (Å²) in [5.41, 5.74) is 5.57. The summed E-state index contributed by atoms with van der Waals surface area (Å²) in [5.74, 6) is 0.152. The average Bonchev–Trinajstić information content (AvgIpc) is 2.48. The molecule has 1 rings (SSSR count). The fourth-order valence-electron chi connectivity index (χ4n) is 1.09. The van der Waals surface area contributed by atoms with E-state index < -0.39 is 10.0 Å². The summed E-state index contributed by atoms with van der Waals surface area (Å²) >= 11 is 0. The molecular weight excluding hydrogens is 216 g/mol. The topological polar surface area (TPSA) is 90.0 Å². The fraction of sp³-hybridized carbons (Fsp3) is 0.625. The van der Waals surface area contributed by atoms with E-state index in [1.165, 1.54) is 10.9 Å². The van der Waals surface area contributed by atoms with Crippen LogP contribution in [0.3, 0.4) is 0 Å². The summed E-state index contributed by atoms with van der Waals surface area (Å²) < 4.78 is 27.2. The van der Waals surface area contributed by atoms with Gasteiger partial charge in [-0.1, -0.05) is 13.3 Å². The Kier molecular flexibility index (Phi) is 3.70. The van der Waals surface area contributed by atoms with Crippen molar-refractivity contribution in [1.29, 1.82) is 0 Å². The van der Waals surface area contributed by atoms with E-state index in [9.17, 15) is 8.42 Å². The average molecular weight is 232 g/mol. The number of unbranched alkanes of at least 4 members (excludes halogenated alkanes) is 1. The molecule has 1 aromatic heterocycles. The van der Waals surface area contributed by atoms with Gasteiger partial charge < -0.3 is 5.73 Å². The van der Waals surface area contributed by atoms with Crippen LogP contribution in [0.5, 0.6) is 0 Å². The highest BCUT2D eigenvalue weighted by Gasteiger charge is 2.19. The van der Waals surface area contributed by atoms with Crippen LogP contribution in [0.4, 0.5) is 5.82 Å². The maximum Gasteiger partial charge on any atom is 0.245 e. The maximum atomic E-state index is 11.7. The van der Waals surface area contributed by atoms with Gasteiger partial charge in [0.2, 0.25) is 10.0 Å². The van der Waals surface area contributed by atoms with Gasteiger partial charge >= 0.3 is 0 Å². The van der Waals surface area contributed by atoms with E-state index in [0.717, 1.165) is 12.8 Å². The molecule has 0 aliphatic heterocycles. The predicted octanol–water partition coefficient (Wildman–Crippen LogP) is 0.0807. The molecule has 7 heteroatoms. The number of nitrogen functional groups attached to an aromatic ring is 1. The molecule has 0 bridgehead atoms. The van der Waals surface area contributed by atoms with Gasteiger partial charge in [-0.3, -0.25) is 4.68 Å². The van der Waals surface area contributed by atoms with Crippen LogP contribution < -0.4 is 10.5 Å². The lowest BCUT2D eigenvalue weighted by molar-refractivity contribution is 0.578. The Morgan fingerprint density at radius 1 is 1.60 bits per heavy atom. The molecule has 0 fully saturated rings. The number of anilines is 1. The Labute approximate surface area is 89.5 Å². The number of nitrogens with two attached hydrogens (primary N) is 1. The molecule has 1 aromatic rings. The van der Waals surface area contributed by atoms with Gasteiger partial charge in [0.15, 0.2) is 0 Å². The van der Waals surface area contributed by atoms with Crippen molar-refractivity contribution in [3.8, 4) is 0 Å². The first-order valence-corrected chi connectivity index (χ1v) is 6.24. The number of sulfonamides is 1. The van der Waals surface area contributed by atoms with Gasteiger partial charge in [-0.15, -0.1) is 0 Å². The third kappa shape index (κ3) is 2.69. The van der Waals surface area contributed by atoms with Gasteiger partial charge in [-0.05, 0) is 6.42 Å². The minimum absolute atomic E-state index is 0.0427. The number of aromatic nitrogens is 2. The van der Waals surface area contributed by atoms with E-state index in [1.807, 2.05) is 6.92 Å². The second-order valence-electron chi connectivity index (χ2n) is 3.27. The van der Waals surface area contributed by atoms with Gasteiger partial charge in [-0.25, -0.2) is 13.1 Å². The quantitative estimate of drug-likeness (QED) is 0.703. The molecule has 15 heavy (non-hydrogen) atoms. The second-order valence-corrected chi connectivity index (χ2v) is 5.00. The lowest BCUT2D eigenvalue weighted by Crippen LogP contribution is -2.25. The number of hydrogen-bond donors (Lipinski definition) is 2. The summed E-state index contributed by atoms with van der Waals surface area (Å²) in [4.78, 5) is 0.0427. The Balaban J connectivity index is 2.82. The molecule has 0 atom stereocenters. The zero-order valence-electron chi connectivity index (χ0n) is 8.90.